The molecule has 0 radical (unpaired) electrons. The molecule has 19 heavy (non-hydrogen) atoms. The van der Waals surface area contributed by atoms with E-state index in [-0.39, 0.29) is 5.91 Å². The van der Waals surface area contributed by atoms with E-state index in [9.17, 15) is 4.79 Å². The molecule has 2 aromatic rings. The number of nitrogens with one attached hydrogen (secondary N) is 2. The molecule has 2 N–H and O–H groups in total. The lowest BCUT2D eigenvalue weighted by Crippen LogP contribution is -2.32. The highest BCUT2D eigenvalue weighted by atomic mass is 16.3. The number of hydrogen-bond donors (Lipinski definition) is 2. The fourth-order valence-corrected chi connectivity index (χ4v) is 1.99. The van der Waals surface area contributed by atoms with Gasteiger partial charge in [0.2, 0.25) is 5.91 Å². The second-order valence-electron chi connectivity index (χ2n) is 4.52. The third kappa shape index (κ3) is 3.79. The van der Waals surface area contributed by atoms with E-state index >= 15 is 0 Å². The first-order chi connectivity index (χ1) is 9.19. The quantitative estimate of drug-likeness (QED) is 0.771. The summed E-state index contributed by atoms with van der Waals surface area (Å²) in [5.74, 6) is 0.719. The molecule has 5 heteroatoms. The van der Waals surface area contributed by atoms with E-state index in [0.29, 0.717) is 19.0 Å². The largest absolute Gasteiger partial charge is 0.441 e. The SMILES string of the molecule is CNCC(=O)NCCCc1ccc2oc(C)nc2c1. The van der Waals surface area contributed by atoms with E-state index < -0.39 is 0 Å². The van der Waals surface area contributed by atoms with E-state index in [2.05, 4.69) is 15.6 Å². The topological polar surface area (TPSA) is 67.2 Å². The maximum absolute atomic E-state index is 11.2. The Kier molecular flexibility index (Phi) is 4.52. The van der Waals surface area contributed by atoms with E-state index in [1.807, 2.05) is 25.1 Å². The Bertz CT molecular complexity index is 563. The van der Waals surface area contributed by atoms with E-state index in [1.54, 1.807) is 7.05 Å². The summed E-state index contributed by atoms with van der Waals surface area (Å²) in [6.07, 6.45) is 1.83. The Balaban J connectivity index is 1.83. The van der Waals surface area contributed by atoms with Crippen molar-refractivity contribution in [1.29, 1.82) is 0 Å². The fraction of sp³-hybridized carbons (Fsp3) is 0.429. The highest BCUT2D eigenvalue weighted by Crippen LogP contribution is 2.17. The average molecular weight is 261 g/mol. The Labute approximate surface area is 112 Å². The van der Waals surface area contributed by atoms with Crippen molar-refractivity contribution in [2.45, 2.75) is 19.8 Å². The highest BCUT2D eigenvalue weighted by Gasteiger charge is 2.03. The van der Waals surface area contributed by atoms with Crippen LogP contribution >= 0.6 is 0 Å². The van der Waals surface area contributed by atoms with Crippen molar-refractivity contribution in [3.63, 3.8) is 0 Å². The third-order valence-electron chi connectivity index (χ3n) is 2.86. The monoisotopic (exact) mass is 261 g/mol. The summed E-state index contributed by atoms with van der Waals surface area (Å²) in [7, 11) is 1.76. The normalized spacial score (nSPS) is 10.8. The maximum Gasteiger partial charge on any atom is 0.233 e. The van der Waals surface area contributed by atoms with Crippen LogP contribution in [-0.4, -0.2) is 31.0 Å². The molecular formula is C14H19N3O2. The van der Waals surface area contributed by atoms with Gasteiger partial charge in [0.15, 0.2) is 11.5 Å². The molecule has 1 aromatic carbocycles. The molecule has 0 saturated heterocycles. The van der Waals surface area contributed by atoms with Crippen LogP contribution in [0.1, 0.15) is 17.9 Å². The van der Waals surface area contributed by atoms with Crippen molar-refractivity contribution in [3.05, 3.63) is 29.7 Å². The minimum atomic E-state index is 0.0325. The number of oxazole rings is 1. The highest BCUT2D eigenvalue weighted by molar-refractivity contribution is 5.77. The van der Waals surface area contributed by atoms with Crippen molar-refractivity contribution in [2.75, 3.05) is 20.1 Å². The van der Waals surface area contributed by atoms with Gasteiger partial charge in [-0.25, -0.2) is 4.98 Å². The second-order valence-corrected chi connectivity index (χ2v) is 4.52. The molecule has 5 nitrogen and oxygen atoms in total. The first kappa shape index (κ1) is 13.5. The molecule has 0 aliphatic heterocycles. The zero-order valence-electron chi connectivity index (χ0n) is 11.3. The maximum atomic E-state index is 11.2. The molecular weight excluding hydrogens is 242 g/mol. The van der Waals surface area contributed by atoms with Gasteiger partial charge < -0.3 is 15.1 Å². The zero-order chi connectivity index (χ0) is 13.7. The molecule has 0 atom stereocenters. The molecule has 0 saturated carbocycles. The summed E-state index contributed by atoms with van der Waals surface area (Å²) in [4.78, 5) is 15.5. The van der Waals surface area contributed by atoms with Gasteiger partial charge in [-0.1, -0.05) is 6.07 Å². The van der Waals surface area contributed by atoms with Crippen molar-refractivity contribution in [3.8, 4) is 0 Å². The minimum absolute atomic E-state index is 0.0325. The number of carbonyl (C=O) groups excluding carboxylic acids is 1. The Morgan fingerprint density at radius 3 is 3.05 bits per heavy atom. The van der Waals surface area contributed by atoms with Gasteiger partial charge in [0.1, 0.15) is 5.52 Å². The smallest absolute Gasteiger partial charge is 0.233 e. The van der Waals surface area contributed by atoms with Crippen LogP contribution < -0.4 is 10.6 Å². The van der Waals surface area contributed by atoms with Gasteiger partial charge >= 0.3 is 0 Å². The minimum Gasteiger partial charge on any atom is -0.441 e. The molecule has 0 aliphatic carbocycles. The Morgan fingerprint density at radius 2 is 2.26 bits per heavy atom. The zero-order valence-corrected chi connectivity index (χ0v) is 11.3. The van der Waals surface area contributed by atoms with Crippen LogP contribution in [0.3, 0.4) is 0 Å². The molecule has 102 valence electrons. The van der Waals surface area contributed by atoms with Crippen molar-refractivity contribution in [2.24, 2.45) is 0 Å². The molecule has 0 bridgehead atoms. The number of rotatable bonds is 6. The van der Waals surface area contributed by atoms with E-state index in [4.69, 9.17) is 4.42 Å². The van der Waals surface area contributed by atoms with Gasteiger partial charge in [-0.15, -0.1) is 0 Å². The third-order valence-corrected chi connectivity index (χ3v) is 2.86. The van der Waals surface area contributed by atoms with Crippen LogP contribution in [0.4, 0.5) is 0 Å². The van der Waals surface area contributed by atoms with Crippen molar-refractivity contribution in [1.82, 2.24) is 15.6 Å². The fourth-order valence-electron chi connectivity index (χ4n) is 1.99. The molecule has 0 spiro atoms. The number of carbonyl (C=O) groups is 1. The Hall–Kier alpha value is -1.88. The summed E-state index contributed by atoms with van der Waals surface area (Å²) in [5.41, 5.74) is 2.93. The molecule has 1 amide bonds. The van der Waals surface area contributed by atoms with Crippen molar-refractivity contribution < 1.29 is 9.21 Å². The average Bonchev–Trinajstić information content (AvgIpc) is 2.74. The summed E-state index contributed by atoms with van der Waals surface area (Å²) >= 11 is 0. The number of nitrogens with zero attached hydrogens (tertiary/aromatic N) is 1. The second kappa shape index (κ2) is 6.33. The number of aromatic nitrogens is 1. The number of amides is 1. The molecule has 1 aromatic heterocycles. The predicted octanol–water partition coefficient (Wildman–Crippen LogP) is 1.40. The number of benzene rings is 1. The van der Waals surface area contributed by atoms with Gasteiger partial charge in [-0.05, 0) is 37.6 Å². The standard InChI is InChI=1S/C14H19N3O2/c1-10-17-12-8-11(5-6-13(12)19-10)4-3-7-16-14(18)9-15-2/h5-6,8,15H,3-4,7,9H2,1-2H3,(H,16,18). The van der Waals surface area contributed by atoms with Crippen LogP contribution in [-0.2, 0) is 11.2 Å². The number of fused-ring (bicyclic) bond motifs is 1. The van der Waals surface area contributed by atoms with Crippen LogP contribution in [0.2, 0.25) is 0 Å². The molecule has 2 rings (SSSR count). The first-order valence-electron chi connectivity index (χ1n) is 6.46. The Morgan fingerprint density at radius 1 is 1.42 bits per heavy atom. The number of likely N-dealkylation sites (N-methyl/N-ethyl adjacent to an activating group) is 1. The van der Waals surface area contributed by atoms with Gasteiger partial charge in [0.25, 0.3) is 0 Å². The first-order valence-corrected chi connectivity index (χ1v) is 6.46. The van der Waals surface area contributed by atoms with Gasteiger partial charge in [-0.2, -0.15) is 0 Å². The van der Waals surface area contributed by atoms with Gasteiger partial charge in [-0.3, -0.25) is 4.79 Å². The lowest BCUT2D eigenvalue weighted by atomic mass is 10.1. The number of hydrogen-bond acceptors (Lipinski definition) is 4. The summed E-state index contributed by atoms with van der Waals surface area (Å²) in [5, 5.41) is 5.68. The molecule has 0 fully saturated rings. The molecule has 0 aliphatic rings. The molecule has 0 unspecified atom stereocenters. The van der Waals surface area contributed by atoms with Crippen LogP contribution in [0.5, 0.6) is 0 Å². The summed E-state index contributed by atoms with van der Waals surface area (Å²) < 4.78 is 5.43. The summed E-state index contributed by atoms with van der Waals surface area (Å²) in [6, 6.07) is 6.04. The molecule has 1 heterocycles. The number of aryl methyl sites for hydroxylation is 2. The van der Waals surface area contributed by atoms with Gasteiger partial charge in [0.05, 0.1) is 6.54 Å². The van der Waals surface area contributed by atoms with Crippen LogP contribution in [0, 0.1) is 6.92 Å². The van der Waals surface area contributed by atoms with E-state index in [1.165, 1.54) is 5.56 Å². The lowest BCUT2D eigenvalue weighted by Gasteiger charge is -2.04. The van der Waals surface area contributed by atoms with Gasteiger partial charge in [0, 0.05) is 13.5 Å². The summed E-state index contributed by atoms with van der Waals surface area (Å²) in [6.45, 7) is 2.90. The van der Waals surface area contributed by atoms with Crippen molar-refractivity contribution >= 4 is 17.0 Å². The lowest BCUT2D eigenvalue weighted by molar-refractivity contribution is -0.120. The van der Waals surface area contributed by atoms with Crippen LogP contribution in [0.25, 0.3) is 11.1 Å². The predicted molar refractivity (Wildman–Crippen MR) is 74.0 cm³/mol. The van der Waals surface area contributed by atoms with Crippen LogP contribution in [0.15, 0.2) is 22.6 Å². The van der Waals surface area contributed by atoms with E-state index in [0.717, 1.165) is 23.9 Å².